The Labute approximate surface area is 151 Å². The largest absolute Gasteiger partial charge is 0.370 e. The lowest BCUT2D eigenvalue weighted by molar-refractivity contribution is 0.925. The molecule has 3 rings (SSSR count). The molecule has 0 aliphatic heterocycles. The van der Waals surface area contributed by atoms with Crippen molar-refractivity contribution in [3.05, 3.63) is 57.3 Å². The SMILES string of the molecule is CCc1nc(Cl)cc(NCCc2ccc(-c3csc(C)n3)cc2)n1. The molecule has 0 atom stereocenters. The summed E-state index contributed by atoms with van der Waals surface area (Å²) in [4.78, 5) is 13.1. The first-order valence-corrected chi connectivity index (χ1v) is 9.18. The summed E-state index contributed by atoms with van der Waals surface area (Å²) in [5.41, 5.74) is 3.48. The van der Waals surface area contributed by atoms with Gasteiger partial charge in [-0.15, -0.1) is 11.3 Å². The van der Waals surface area contributed by atoms with Crippen LogP contribution in [-0.4, -0.2) is 21.5 Å². The minimum Gasteiger partial charge on any atom is -0.370 e. The van der Waals surface area contributed by atoms with Crippen molar-refractivity contribution in [2.45, 2.75) is 26.7 Å². The van der Waals surface area contributed by atoms with Gasteiger partial charge < -0.3 is 5.32 Å². The van der Waals surface area contributed by atoms with Crippen LogP contribution >= 0.6 is 22.9 Å². The Balaban J connectivity index is 1.58. The van der Waals surface area contributed by atoms with Crippen LogP contribution in [0.5, 0.6) is 0 Å². The summed E-state index contributed by atoms with van der Waals surface area (Å²) in [5.74, 6) is 1.54. The van der Waals surface area contributed by atoms with Crippen LogP contribution in [0.15, 0.2) is 35.7 Å². The minimum absolute atomic E-state index is 0.479. The zero-order valence-electron chi connectivity index (χ0n) is 13.7. The van der Waals surface area contributed by atoms with Crippen LogP contribution in [0.2, 0.25) is 5.15 Å². The number of rotatable bonds is 6. The topological polar surface area (TPSA) is 50.7 Å². The molecule has 0 unspecified atom stereocenters. The molecule has 2 aromatic heterocycles. The number of benzene rings is 1. The van der Waals surface area contributed by atoms with Gasteiger partial charge in [0.15, 0.2) is 0 Å². The van der Waals surface area contributed by atoms with Gasteiger partial charge >= 0.3 is 0 Å². The molecule has 4 nitrogen and oxygen atoms in total. The lowest BCUT2D eigenvalue weighted by atomic mass is 10.1. The number of nitrogens with one attached hydrogen (secondary N) is 1. The molecule has 24 heavy (non-hydrogen) atoms. The summed E-state index contributed by atoms with van der Waals surface area (Å²) >= 11 is 7.68. The van der Waals surface area contributed by atoms with E-state index in [2.05, 4.69) is 49.9 Å². The molecule has 0 radical (unpaired) electrons. The van der Waals surface area contributed by atoms with E-state index in [0.29, 0.717) is 5.15 Å². The molecule has 0 bridgehead atoms. The second kappa shape index (κ2) is 7.73. The van der Waals surface area contributed by atoms with Gasteiger partial charge in [0.1, 0.15) is 16.8 Å². The molecule has 0 aliphatic carbocycles. The molecule has 0 aliphatic rings. The zero-order chi connectivity index (χ0) is 16.9. The first-order chi connectivity index (χ1) is 11.6. The average molecular weight is 359 g/mol. The quantitative estimate of drug-likeness (QED) is 0.644. The second-order valence-electron chi connectivity index (χ2n) is 5.47. The summed E-state index contributed by atoms with van der Waals surface area (Å²) in [6.45, 7) is 4.84. The van der Waals surface area contributed by atoms with Crippen LogP contribution < -0.4 is 5.32 Å². The monoisotopic (exact) mass is 358 g/mol. The van der Waals surface area contributed by atoms with Crippen LogP contribution in [0.1, 0.15) is 23.3 Å². The zero-order valence-corrected chi connectivity index (χ0v) is 15.3. The number of nitrogens with zero attached hydrogens (tertiary/aromatic N) is 3. The number of hydrogen-bond acceptors (Lipinski definition) is 5. The highest BCUT2D eigenvalue weighted by Crippen LogP contribution is 2.22. The standard InChI is InChI=1S/C18H19ClN4S/c1-3-17-22-16(19)10-18(23-17)20-9-8-13-4-6-14(7-5-13)15-11-24-12(2)21-15/h4-7,10-11H,3,8-9H2,1-2H3,(H,20,22,23). The fourth-order valence-corrected chi connectivity index (χ4v) is 3.21. The lowest BCUT2D eigenvalue weighted by Crippen LogP contribution is -2.08. The molecule has 0 fully saturated rings. The van der Waals surface area contributed by atoms with Crippen LogP contribution in [-0.2, 0) is 12.8 Å². The molecule has 0 saturated carbocycles. The summed E-state index contributed by atoms with van der Waals surface area (Å²) in [7, 11) is 0. The van der Waals surface area contributed by atoms with Gasteiger partial charge in [-0.25, -0.2) is 15.0 Å². The maximum absolute atomic E-state index is 6.01. The Hall–Kier alpha value is -1.98. The van der Waals surface area contributed by atoms with Gasteiger partial charge in [0, 0.05) is 30.0 Å². The smallest absolute Gasteiger partial charge is 0.134 e. The van der Waals surface area contributed by atoms with Gasteiger partial charge in [0.05, 0.1) is 10.7 Å². The van der Waals surface area contributed by atoms with Gasteiger partial charge in [-0.2, -0.15) is 0 Å². The number of thiazole rings is 1. The number of hydrogen-bond donors (Lipinski definition) is 1. The molecular formula is C18H19ClN4S. The molecule has 124 valence electrons. The molecule has 0 amide bonds. The first kappa shape index (κ1) is 16.9. The highest BCUT2D eigenvalue weighted by Gasteiger charge is 2.04. The van der Waals surface area contributed by atoms with E-state index in [9.17, 15) is 0 Å². The van der Waals surface area contributed by atoms with E-state index < -0.39 is 0 Å². The number of anilines is 1. The van der Waals surface area contributed by atoms with E-state index in [1.165, 1.54) is 5.56 Å². The summed E-state index contributed by atoms with van der Waals surface area (Å²) < 4.78 is 0. The molecule has 1 N–H and O–H groups in total. The molecule has 0 saturated heterocycles. The third kappa shape index (κ3) is 4.30. The van der Waals surface area contributed by atoms with Gasteiger partial charge in [0.25, 0.3) is 0 Å². The van der Waals surface area contributed by atoms with E-state index in [4.69, 9.17) is 11.6 Å². The van der Waals surface area contributed by atoms with Crippen molar-refractivity contribution in [2.24, 2.45) is 0 Å². The maximum Gasteiger partial charge on any atom is 0.134 e. The minimum atomic E-state index is 0.479. The highest BCUT2D eigenvalue weighted by molar-refractivity contribution is 7.09. The Morgan fingerprint density at radius 3 is 2.58 bits per heavy atom. The first-order valence-electron chi connectivity index (χ1n) is 7.93. The van der Waals surface area contributed by atoms with Gasteiger partial charge in [-0.05, 0) is 18.9 Å². The average Bonchev–Trinajstić information content (AvgIpc) is 3.01. The number of aromatic nitrogens is 3. The molecule has 2 heterocycles. The summed E-state index contributed by atoms with van der Waals surface area (Å²) in [6.07, 6.45) is 1.69. The van der Waals surface area contributed by atoms with E-state index in [-0.39, 0.29) is 0 Å². The van der Waals surface area contributed by atoms with Crippen LogP contribution in [0.4, 0.5) is 5.82 Å². The van der Waals surface area contributed by atoms with Crippen molar-refractivity contribution in [3.63, 3.8) is 0 Å². The Bertz CT molecular complexity index is 814. The van der Waals surface area contributed by atoms with E-state index >= 15 is 0 Å². The molecular weight excluding hydrogens is 340 g/mol. The Morgan fingerprint density at radius 1 is 1.12 bits per heavy atom. The van der Waals surface area contributed by atoms with Crippen molar-refractivity contribution >= 4 is 28.8 Å². The van der Waals surface area contributed by atoms with Crippen LogP contribution in [0.3, 0.4) is 0 Å². The van der Waals surface area contributed by atoms with E-state index in [1.807, 2.05) is 13.8 Å². The third-order valence-electron chi connectivity index (χ3n) is 3.65. The van der Waals surface area contributed by atoms with E-state index in [0.717, 1.165) is 47.3 Å². The number of halogens is 1. The van der Waals surface area contributed by atoms with Gasteiger partial charge in [-0.3, -0.25) is 0 Å². The third-order valence-corrected chi connectivity index (χ3v) is 4.61. The summed E-state index contributed by atoms with van der Waals surface area (Å²) in [5, 5.41) is 6.98. The highest BCUT2D eigenvalue weighted by atomic mass is 35.5. The predicted octanol–water partition coefficient (Wildman–Crippen LogP) is 4.78. The van der Waals surface area contributed by atoms with Gasteiger partial charge in [-0.1, -0.05) is 42.8 Å². The van der Waals surface area contributed by atoms with Crippen molar-refractivity contribution in [1.82, 2.24) is 15.0 Å². The second-order valence-corrected chi connectivity index (χ2v) is 6.92. The normalized spacial score (nSPS) is 10.8. The summed E-state index contributed by atoms with van der Waals surface area (Å²) in [6, 6.07) is 10.3. The lowest BCUT2D eigenvalue weighted by Gasteiger charge is -2.08. The van der Waals surface area contributed by atoms with Crippen molar-refractivity contribution in [1.29, 1.82) is 0 Å². The molecule has 6 heteroatoms. The molecule has 3 aromatic rings. The maximum atomic E-state index is 6.01. The Kier molecular flexibility index (Phi) is 5.43. The number of aryl methyl sites for hydroxylation is 2. The molecule has 1 aromatic carbocycles. The predicted molar refractivity (Wildman–Crippen MR) is 101 cm³/mol. The molecule has 0 spiro atoms. The van der Waals surface area contributed by atoms with Crippen molar-refractivity contribution < 1.29 is 0 Å². The Morgan fingerprint density at radius 2 is 1.92 bits per heavy atom. The fraction of sp³-hybridized carbons (Fsp3) is 0.278. The van der Waals surface area contributed by atoms with Crippen molar-refractivity contribution in [2.75, 3.05) is 11.9 Å². The van der Waals surface area contributed by atoms with Crippen LogP contribution in [0.25, 0.3) is 11.3 Å². The van der Waals surface area contributed by atoms with Crippen LogP contribution in [0, 0.1) is 6.92 Å². The van der Waals surface area contributed by atoms with Crippen molar-refractivity contribution in [3.8, 4) is 11.3 Å². The van der Waals surface area contributed by atoms with Gasteiger partial charge in [0.2, 0.25) is 0 Å². The fourth-order valence-electron chi connectivity index (χ4n) is 2.39. The van der Waals surface area contributed by atoms with E-state index in [1.54, 1.807) is 17.4 Å².